The monoisotopic (exact) mass is 418 g/mol. The Hall–Kier alpha value is -2.89. The van der Waals surface area contributed by atoms with Gasteiger partial charge in [-0.25, -0.2) is 4.39 Å². The van der Waals surface area contributed by atoms with Crippen molar-refractivity contribution >= 4 is 5.84 Å². The van der Waals surface area contributed by atoms with Crippen molar-refractivity contribution in [2.24, 2.45) is 5.73 Å². The van der Waals surface area contributed by atoms with Gasteiger partial charge in [-0.15, -0.1) is 0 Å². The van der Waals surface area contributed by atoms with E-state index in [-0.39, 0.29) is 30.7 Å². The Labute approximate surface area is 174 Å². The van der Waals surface area contributed by atoms with E-state index < -0.39 is 17.6 Å². The first-order valence-electron chi connectivity index (χ1n) is 9.72. The summed E-state index contributed by atoms with van der Waals surface area (Å²) in [5.41, 5.74) is 10.2. The van der Waals surface area contributed by atoms with Crippen LogP contribution in [-0.4, -0.2) is 12.0 Å². The molecule has 1 aliphatic rings. The SMILES string of the molecule is CCC1=C(C(F)(F)F)CCC=C1F.Cc1ccccc1-c1cc(C(=N)N)ccc1C. The summed E-state index contributed by atoms with van der Waals surface area (Å²) in [5, 5.41) is 7.50. The third-order valence-electron chi connectivity index (χ3n) is 5.05. The third-order valence-corrected chi connectivity index (χ3v) is 5.05. The van der Waals surface area contributed by atoms with Crippen molar-refractivity contribution < 1.29 is 17.6 Å². The lowest BCUT2D eigenvalue weighted by Crippen LogP contribution is -2.16. The van der Waals surface area contributed by atoms with Crippen molar-refractivity contribution in [1.29, 1.82) is 5.41 Å². The lowest BCUT2D eigenvalue weighted by atomic mass is 9.94. The van der Waals surface area contributed by atoms with E-state index in [0.29, 0.717) is 0 Å². The minimum atomic E-state index is -4.38. The molecule has 2 nitrogen and oxygen atoms in total. The van der Waals surface area contributed by atoms with Crippen LogP contribution < -0.4 is 5.73 Å². The number of hydrogen-bond donors (Lipinski definition) is 2. The molecule has 0 unspecified atom stereocenters. The van der Waals surface area contributed by atoms with Crippen molar-refractivity contribution in [2.75, 3.05) is 0 Å². The van der Waals surface area contributed by atoms with Crippen LogP contribution in [0.3, 0.4) is 0 Å². The molecule has 0 bridgehead atoms. The van der Waals surface area contributed by atoms with Crippen LogP contribution in [-0.2, 0) is 0 Å². The first-order valence-corrected chi connectivity index (χ1v) is 9.72. The number of rotatable bonds is 3. The molecule has 0 aromatic heterocycles. The zero-order chi connectivity index (χ0) is 22.5. The van der Waals surface area contributed by atoms with Gasteiger partial charge in [0, 0.05) is 11.1 Å². The predicted octanol–water partition coefficient (Wildman–Crippen LogP) is 7.16. The highest BCUT2D eigenvalue weighted by atomic mass is 19.4. The first-order chi connectivity index (χ1) is 14.1. The van der Waals surface area contributed by atoms with E-state index in [1.54, 1.807) is 0 Å². The highest BCUT2D eigenvalue weighted by Gasteiger charge is 2.37. The van der Waals surface area contributed by atoms with Gasteiger partial charge in [-0.3, -0.25) is 5.41 Å². The van der Waals surface area contributed by atoms with Crippen LogP contribution in [0, 0.1) is 19.3 Å². The van der Waals surface area contributed by atoms with Gasteiger partial charge in [-0.1, -0.05) is 43.3 Å². The Balaban J connectivity index is 0.000000222. The van der Waals surface area contributed by atoms with Crippen LogP contribution >= 0.6 is 0 Å². The fourth-order valence-electron chi connectivity index (χ4n) is 3.41. The maximum Gasteiger partial charge on any atom is 0.413 e. The molecule has 1 aliphatic carbocycles. The number of halogens is 4. The van der Waals surface area contributed by atoms with E-state index in [2.05, 4.69) is 26.0 Å². The van der Waals surface area contributed by atoms with Crippen LogP contribution in [0.25, 0.3) is 11.1 Å². The van der Waals surface area contributed by atoms with Crippen molar-refractivity contribution in [1.82, 2.24) is 0 Å². The van der Waals surface area contributed by atoms with Gasteiger partial charge in [0.15, 0.2) is 0 Å². The number of alkyl halides is 3. The van der Waals surface area contributed by atoms with Gasteiger partial charge in [0.1, 0.15) is 11.7 Å². The number of benzene rings is 2. The highest BCUT2D eigenvalue weighted by Crippen LogP contribution is 2.38. The lowest BCUT2D eigenvalue weighted by molar-refractivity contribution is -0.0951. The average molecular weight is 418 g/mol. The number of amidine groups is 1. The maximum absolute atomic E-state index is 12.9. The Kier molecular flexibility index (Phi) is 7.59. The van der Waals surface area contributed by atoms with Crippen molar-refractivity contribution in [3.63, 3.8) is 0 Å². The number of nitrogen functional groups attached to an aromatic ring is 1. The topological polar surface area (TPSA) is 49.9 Å². The van der Waals surface area contributed by atoms with E-state index in [9.17, 15) is 17.6 Å². The minimum absolute atomic E-state index is 0.0944. The standard InChI is InChI=1S/C15H16N2.C9H10F4/c1-10-5-3-4-6-13(10)14-9-12(15(16)17)8-7-11(14)2;1-2-6-7(9(11,12)13)4-3-5-8(6)10/h3-9H,1-2H3,(H3,16,17);5H,2-4H2,1H3. The molecule has 3 N–H and O–H groups in total. The molecule has 0 aliphatic heterocycles. The van der Waals surface area contributed by atoms with Gasteiger partial charge < -0.3 is 5.73 Å². The van der Waals surface area contributed by atoms with Gasteiger partial charge in [-0.05, 0) is 73.1 Å². The Bertz CT molecular complexity index is 985. The highest BCUT2D eigenvalue weighted by molar-refractivity contribution is 5.96. The number of hydrogen-bond acceptors (Lipinski definition) is 1. The van der Waals surface area contributed by atoms with Gasteiger partial charge in [-0.2, -0.15) is 13.2 Å². The zero-order valence-corrected chi connectivity index (χ0v) is 17.3. The minimum Gasteiger partial charge on any atom is -0.384 e. The fourth-order valence-corrected chi connectivity index (χ4v) is 3.41. The number of aryl methyl sites for hydroxylation is 2. The van der Waals surface area contributed by atoms with Gasteiger partial charge in [0.2, 0.25) is 0 Å². The second kappa shape index (κ2) is 9.74. The molecule has 0 fully saturated rings. The van der Waals surface area contributed by atoms with E-state index in [0.717, 1.165) is 11.1 Å². The van der Waals surface area contributed by atoms with Crippen LogP contribution in [0.5, 0.6) is 0 Å². The molecule has 160 valence electrons. The van der Waals surface area contributed by atoms with Crippen LogP contribution in [0.15, 0.2) is 65.5 Å². The smallest absolute Gasteiger partial charge is 0.384 e. The summed E-state index contributed by atoms with van der Waals surface area (Å²) < 4.78 is 49.8. The average Bonchev–Trinajstić information content (AvgIpc) is 2.68. The fraction of sp³-hybridized carbons (Fsp3) is 0.292. The first kappa shape index (κ1) is 23.4. The molecule has 0 amide bonds. The van der Waals surface area contributed by atoms with E-state index in [1.165, 1.54) is 29.7 Å². The Morgan fingerprint density at radius 2 is 1.67 bits per heavy atom. The molecule has 2 aromatic carbocycles. The molecule has 0 saturated carbocycles. The summed E-state index contributed by atoms with van der Waals surface area (Å²) in [6.45, 7) is 5.70. The second-order valence-electron chi connectivity index (χ2n) is 7.16. The number of nitrogens with one attached hydrogen (secondary N) is 1. The third kappa shape index (κ3) is 5.59. The molecular formula is C24H26F4N2. The normalized spacial score (nSPS) is 14.0. The summed E-state index contributed by atoms with van der Waals surface area (Å²) >= 11 is 0. The lowest BCUT2D eigenvalue weighted by Gasteiger charge is -2.19. The van der Waals surface area contributed by atoms with Crippen molar-refractivity contribution in [2.45, 2.75) is 46.2 Å². The Morgan fingerprint density at radius 3 is 2.20 bits per heavy atom. The zero-order valence-electron chi connectivity index (χ0n) is 17.3. The maximum atomic E-state index is 12.9. The summed E-state index contributed by atoms with van der Waals surface area (Å²) in [6, 6.07) is 14.1. The molecule has 30 heavy (non-hydrogen) atoms. The molecule has 3 rings (SSSR count). The van der Waals surface area contributed by atoms with Gasteiger partial charge in [0.05, 0.1) is 0 Å². The van der Waals surface area contributed by atoms with Crippen molar-refractivity contribution in [3.8, 4) is 11.1 Å². The molecule has 0 spiro atoms. The summed E-state index contributed by atoms with van der Waals surface area (Å²) in [7, 11) is 0. The quantitative estimate of drug-likeness (QED) is 0.310. The van der Waals surface area contributed by atoms with Crippen LogP contribution in [0.4, 0.5) is 17.6 Å². The van der Waals surface area contributed by atoms with Crippen LogP contribution in [0.1, 0.15) is 42.9 Å². The molecule has 0 radical (unpaired) electrons. The number of allylic oxidation sites excluding steroid dienone is 4. The van der Waals surface area contributed by atoms with Gasteiger partial charge >= 0.3 is 6.18 Å². The molecular weight excluding hydrogens is 392 g/mol. The Morgan fingerprint density at radius 1 is 1.03 bits per heavy atom. The van der Waals surface area contributed by atoms with E-state index in [1.807, 2.05) is 30.3 Å². The molecule has 0 saturated heterocycles. The second-order valence-corrected chi connectivity index (χ2v) is 7.16. The molecule has 6 heteroatoms. The largest absolute Gasteiger partial charge is 0.413 e. The van der Waals surface area contributed by atoms with Crippen molar-refractivity contribution in [3.05, 3.63) is 82.2 Å². The molecule has 2 aromatic rings. The number of nitrogens with two attached hydrogens (primary N) is 1. The van der Waals surface area contributed by atoms with E-state index in [4.69, 9.17) is 11.1 Å². The predicted molar refractivity (Wildman–Crippen MR) is 114 cm³/mol. The summed E-state index contributed by atoms with van der Waals surface area (Å²) in [5.74, 6) is -0.596. The molecule has 0 heterocycles. The summed E-state index contributed by atoms with van der Waals surface area (Å²) in [6.07, 6.45) is -3.02. The molecule has 0 atom stereocenters. The van der Waals surface area contributed by atoms with Crippen LogP contribution in [0.2, 0.25) is 0 Å². The van der Waals surface area contributed by atoms with E-state index >= 15 is 0 Å². The summed E-state index contributed by atoms with van der Waals surface area (Å²) in [4.78, 5) is 0. The van der Waals surface area contributed by atoms with Gasteiger partial charge in [0.25, 0.3) is 0 Å².